The van der Waals surface area contributed by atoms with Crippen LogP contribution >= 0.6 is 0 Å². The summed E-state index contributed by atoms with van der Waals surface area (Å²) in [6.07, 6.45) is 2.24. The lowest BCUT2D eigenvalue weighted by Crippen LogP contribution is -2.47. The summed E-state index contributed by atoms with van der Waals surface area (Å²) in [5.74, 6) is 5.33. The van der Waals surface area contributed by atoms with Gasteiger partial charge in [-0.25, -0.2) is 15.6 Å². The molecule has 1 saturated carbocycles. The van der Waals surface area contributed by atoms with E-state index < -0.39 is 6.09 Å². The molecule has 70 valence electrons. The first kappa shape index (κ1) is 9.28. The van der Waals surface area contributed by atoms with Gasteiger partial charge in [-0.3, -0.25) is 0 Å². The van der Waals surface area contributed by atoms with Gasteiger partial charge in [0, 0.05) is 6.04 Å². The minimum absolute atomic E-state index is 0.0395. The standard InChI is InChI=1S/C7H15N3O2/c8-5-1-3-6(4-2-5)10(9)7(11)12/h5-6H,1-4,8-9H2,(H,11,12). The number of hydrogen-bond donors (Lipinski definition) is 3. The van der Waals surface area contributed by atoms with E-state index in [0.717, 1.165) is 30.7 Å². The van der Waals surface area contributed by atoms with E-state index in [1.807, 2.05) is 0 Å². The van der Waals surface area contributed by atoms with E-state index in [4.69, 9.17) is 16.7 Å². The second-order valence-corrected chi connectivity index (χ2v) is 3.26. The van der Waals surface area contributed by atoms with Crippen molar-refractivity contribution >= 4 is 6.09 Å². The highest BCUT2D eigenvalue weighted by Crippen LogP contribution is 2.19. The molecule has 0 heterocycles. The van der Waals surface area contributed by atoms with Gasteiger partial charge in [0.25, 0.3) is 0 Å². The van der Waals surface area contributed by atoms with Crippen LogP contribution < -0.4 is 11.6 Å². The lowest BCUT2D eigenvalue weighted by molar-refractivity contribution is 0.109. The Morgan fingerprint density at radius 1 is 1.33 bits per heavy atom. The fraction of sp³-hybridized carbons (Fsp3) is 0.857. The number of carboxylic acid groups (broad SMARTS) is 1. The maximum Gasteiger partial charge on any atom is 0.421 e. The van der Waals surface area contributed by atoms with E-state index in [-0.39, 0.29) is 12.1 Å². The molecule has 1 fully saturated rings. The van der Waals surface area contributed by atoms with Gasteiger partial charge in [-0.2, -0.15) is 0 Å². The van der Waals surface area contributed by atoms with Gasteiger partial charge in [0.15, 0.2) is 0 Å². The average molecular weight is 173 g/mol. The number of carbonyl (C=O) groups is 1. The minimum atomic E-state index is -1.06. The van der Waals surface area contributed by atoms with Crippen LogP contribution in [0.3, 0.4) is 0 Å². The monoisotopic (exact) mass is 173 g/mol. The molecule has 0 saturated heterocycles. The van der Waals surface area contributed by atoms with Crippen LogP contribution in [-0.2, 0) is 0 Å². The molecule has 0 bridgehead atoms. The highest BCUT2D eigenvalue weighted by atomic mass is 16.4. The van der Waals surface area contributed by atoms with Crippen molar-refractivity contribution in [3.63, 3.8) is 0 Å². The van der Waals surface area contributed by atoms with Crippen LogP contribution in [0.2, 0.25) is 0 Å². The van der Waals surface area contributed by atoms with Crippen molar-refractivity contribution in [1.29, 1.82) is 0 Å². The summed E-state index contributed by atoms with van der Waals surface area (Å²) >= 11 is 0. The maximum atomic E-state index is 10.4. The molecular weight excluding hydrogens is 158 g/mol. The summed E-state index contributed by atoms with van der Waals surface area (Å²) in [6, 6.07) is 0.186. The predicted molar refractivity (Wildman–Crippen MR) is 44.3 cm³/mol. The number of amides is 1. The molecule has 12 heavy (non-hydrogen) atoms. The smallest absolute Gasteiger partial charge is 0.421 e. The summed E-state index contributed by atoms with van der Waals surface area (Å²) in [7, 11) is 0. The van der Waals surface area contributed by atoms with Gasteiger partial charge >= 0.3 is 6.09 Å². The summed E-state index contributed by atoms with van der Waals surface area (Å²) in [5.41, 5.74) is 5.67. The Kier molecular flexibility index (Phi) is 2.88. The minimum Gasteiger partial charge on any atom is -0.464 e. The second-order valence-electron chi connectivity index (χ2n) is 3.26. The molecule has 1 aliphatic carbocycles. The molecule has 5 N–H and O–H groups in total. The molecule has 5 nitrogen and oxygen atoms in total. The van der Waals surface area contributed by atoms with Crippen LogP contribution in [0, 0.1) is 0 Å². The lowest BCUT2D eigenvalue weighted by atomic mass is 9.92. The number of nitrogens with two attached hydrogens (primary N) is 2. The van der Waals surface area contributed by atoms with Crippen molar-refractivity contribution in [3.05, 3.63) is 0 Å². The van der Waals surface area contributed by atoms with Crippen molar-refractivity contribution in [2.75, 3.05) is 0 Å². The van der Waals surface area contributed by atoms with Gasteiger partial charge in [0.1, 0.15) is 0 Å². The van der Waals surface area contributed by atoms with Gasteiger partial charge in [0.05, 0.1) is 6.04 Å². The normalized spacial score (nSPS) is 29.8. The van der Waals surface area contributed by atoms with E-state index in [9.17, 15) is 4.79 Å². The van der Waals surface area contributed by atoms with Gasteiger partial charge in [0.2, 0.25) is 0 Å². The third-order valence-electron chi connectivity index (χ3n) is 2.36. The molecule has 0 unspecified atom stereocenters. The highest BCUT2D eigenvalue weighted by Gasteiger charge is 2.25. The van der Waals surface area contributed by atoms with Crippen molar-refractivity contribution in [2.45, 2.75) is 37.8 Å². The van der Waals surface area contributed by atoms with Crippen LogP contribution in [0.5, 0.6) is 0 Å². The second kappa shape index (κ2) is 3.73. The van der Waals surface area contributed by atoms with E-state index in [1.165, 1.54) is 0 Å². The first-order valence-electron chi connectivity index (χ1n) is 4.13. The fourth-order valence-electron chi connectivity index (χ4n) is 1.54. The average Bonchev–Trinajstić information content (AvgIpc) is 2.04. The van der Waals surface area contributed by atoms with Crippen LogP contribution in [0.1, 0.15) is 25.7 Å². The Morgan fingerprint density at radius 2 is 1.83 bits per heavy atom. The largest absolute Gasteiger partial charge is 0.464 e. The van der Waals surface area contributed by atoms with E-state index >= 15 is 0 Å². The Morgan fingerprint density at radius 3 is 2.25 bits per heavy atom. The highest BCUT2D eigenvalue weighted by molar-refractivity contribution is 5.64. The number of hydrogen-bond acceptors (Lipinski definition) is 3. The van der Waals surface area contributed by atoms with E-state index in [1.54, 1.807) is 0 Å². The van der Waals surface area contributed by atoms with Gasteiger partial charge in [-0.15, -0.1) is 0 Å². The maximum absolute atomic E-state index is 10.4. The topological polar surface area (TPSA) is 92.6 Å². The Balaban J connectivity index is 2.39. The molecule has 0 radical (unpaired) electrons. The molecule has 5 heteroatoms. The zero-order valence-electron chi connectivity index (χ0n) is 6.94. The van der Waals surface area contributed by atoms with Gasteiger partial charge in [-0.05, 0) is 25.7 Å². The number of nitrogens with zero attached hydrogens (tertiary/aromatic N) is 1. The molecule has 1 aliphatic rings. The lowest BCUT2D eigenvalue weighted by Gasteiger charge is -2.30. The molecule has 0 aliphatic heterocycles. The van der Waals surface area contributed by atoms with Gasteiger partial charge in [-0.1, -0.05) is 0 Å². The predicted octanol–water partition coefficient (Wildman–Crippen LogP) is 0.110. The van der Waals surface area contributed by atoms with Gasteiger partial charge < -0.3 is 10.8 Å². The van der Waals surface area contributed by atoms with E-state index in [2.05, 4.69) is 0 Å². The molecule has 0 spiro atoms. The van der Waals surface area contributed by atoms with Crippen LogP contribution in [0.25, 0.3) is 0 Å². The first-order valence-corrected chi connectivity index (χ1v) is 4.13. The SMILES string of the molecule is NC1CCC(N(N)C(=O)O)CC1. The van der Waals surface area contributed by atoms with Crippen molar-refractivity contribution in [2.24, 2.45) is 11.6 Å². The summed E-state index contributed by atoms with van der Waals surface area (Å²) in [5, 5.41) is 9.46. The number of rotatable bonds is 1. The zero-order chi connectivity index (χ0) is 9.14. The molecule has 0 aromatic heterocycles. The molecule has 1 rings (SSSR count). The Labute approximate surface area is 71.3 Å². The third kappa shape index (κ3) is 2.09. The fourth-order valence-corrected chi connectivity index (χ4v) is 1.54. The molecule has 0 aromatic carbocycles. The summed E-state index contributed by atoms with van der Waals surface area (Å²) < 4.78 is 0. The van der Waals surface area contributed by atoms with Crippen molar-refractivity contribution < 1.29 is 9.90 Å². The zero-order valence-corrected chi connectivity index (χ0v) is 6.94. The molecule has 0 atom stereocenters. The Bertz CT molecular complexity index is 166. The Hall–Kier alpha value is -0.810. The summed E-state index contributed by atoms with van der Waals surface area (Å²) in [6.45, 7) is 0. The van der Waals surface area contributed by atoms with Crippen molar-refractivity contribution in [3.8, 4) is 0 Å². The molecular formula is C7H15N3O2. The van der Waals surface area contributed by atoms with Crippen LogP contribution in [0.15, 0.2) is 0 Å². The van der Waals surface area contributed by atoms with Crippen LogP contribution in [0.4, 0.5) is 4.79 Å². The molecule has 0 aromatic rings. The van der Waals surface area contributed by atoms with E-state index in [0.29, 0.717) is 0 Å². The number of hydrazine groups is 1. The quantitative estimate of drug-likeness (QED) is 0.298. The van der Waals surface area contributed by atoms with Crippen LogP contribution in [-0.4, -0.2) is 28.3 Å². The van der Waals surface area contributed by atoms with Crippen molar-refractivity contribution in [1.82, 2.24) is 5.01 Å². The third-order valence-corrected chi connectivity index (χ3v) is 2.36. The summed E-state index contributed by atoms with van der Waals surface area (Å²) in [4.78, 5) is 10.4. The molecule has 1 amide bonds. The first-order chi connectivity index (χ1) is 5.61.